The molecule has 9 heteroatoms. The van der Waals surface area contributed by atoms with E-state index in [9.17, 15) is 19.7 Å². The molecule has 1 aromatic heterocycles. The molecule has 0 unspecified atom stereocenters. The first-order valence-electron chi connectivity index (χ1n) is 9.81. The van der Waals surface area contributed by atoms with E-state index in [4.69, 9.17) is 13.9 Å². The van der Waals surface area contributed by atoms with E-state index in [1.807, 2.05) is 0 Å². The lowest BCUT2D eigenvalue weighted by molar-refractivity contribution is -0.485. The molecule has 31 heavy (non-hydrogen) atoms. The summed E-state index contributed by atoms with van der Waals surface area (Å²) in [5, 5.41) is 11.7. The second-order valence-corrected chi connectivity index (χ2v) is 8.48. The van der Waals surface area contributed by atoms with E-state index in [-0.39, 0.29) is 5.76 Å². The van der Waals surface area contributed by atoms with Crippen molar-refractivity contribution < 1.29 is 28.4 Å². The third kappa shape index (κ3) is 3.37. The zero-order chi connectivity index (χ0) is 22.2. The van der Waals surface area contributed by atoms with Crippen LogP contribution in [-0.4, -0.2) is 36.9 Å². The van der Waals surface area contributed by atoms with Crippen LogP contribution in [0.1, 0.15) is 36.0 Å². The van der Waals surface area contributed by atoms with Crippen LogP contribution in [0.25, 0.3) is 0 Å². The Morgan fingerprint density at radius 2 is 2.10 bits per heavy atom. The standard InChI is InChI=1S/C22H20BrNO7/c1-29-21(26)22(16(12-24(27)28)13-6-8-14(23)9-7-13)18(17-5-3-10-30-17)15-4-2-11-31-19(15)20(22)25/h3,5-10,16,18H,2,4,11-12H2,1H3/t16-,18-,22+/m0/s1. The number of carbonyl (C=O) groups excluding carboxylic acids is 2. The van der Waals surface area contributed by atoms with Gasteiger partial charge in [-0.3, -0.25) is 19.7 Å². The summed E-state index contributed by atoms with van der Waals surface area (Å²) in [5.41, 5.74) is -0.806. The minimum absolute atomic E-state index is 0.100. The number of allylic oxidation sites excluding steroid dienone is 2. The van der Waals surface area contributed by atoms with Crippen molar-refractivity contribution in [3.63, 3.8) is 0 Å². The average Bonchev–Trinajstić information content (AvgIpc) is 3.37. The van der Waals surface area contributed by atoms with E-state index in [1.54, 1.807) is 36.4 Å². The number of rotatable bonds is 6. The Kier molecular flexibility index (Phi) is 5.70. The molecule has 0 bridgehead atoms. The summed E-state index contributed by atoms with van der Waals surface area (Å²) in [6.07, 6.45) is 2.64. The number of furan rings is 1. The number of hydrogen-bond acceptors (Lipinski definition) is 7. The molecule has 2 heterocycles. The number of nitrogens with zero attached hydrogens (tertiary/aromatic N) is 1. The van der Waals surface area contributed by atoms with E-state index in [1.165, 1.54) is 13.4 Å². The molecule has 2 aliphatic rings. The van der Waals surface area contributed by atoms with Crippen LogP contribution in [0.2, 0.25) is 0 Å². The first-order valence-corrected chi connectivity index (χ1v) is 10.6. The van der Waals surface area contributed by atoms with Gasteiger partial charge in [-0.05, 0) is 48.2 Å². The number of methoxy groups -OCH3 is 1. The number of carbonyl (C=O) groups is 2. The van der Waals surface area contributed by atoms with Gasteiger partial charge < -0.3 is 13.9 Å². The molecular formula is C22H20BrNO7. The van der Waals surface area contributed by atoms with E-state index in [0.29, 0.717) is 36.3 Å². The van der Waals surface area contributed by atoms with Crippen molar-refractivity contribution in [2.75, 3.05) is 20.3 Å². The van der Waals surface area contributed by atoms with Gasteiger partial charge in [-0.15, -0.1) is 0 Å². The number of esters is 1. The van der Waals surface area contributed by atoms with E-state index < -0.39 is 40.5 Å². The fourth-order valence-electron chi connectivity index (χ4n) is 4.81. The summed E-state index contributed by atoms with van der Waals surface area (Å²) in [6, 6.07) is 10.1. The fourth-order valence-corrected chi connectivity index (χ4v) is 5.08. The molecule has 1 aliphatic heterocycles. The SMILES string of the molecule is COC(=O)[C@@]1([C@@H](C[N+](=O)[O-])c2ccc(Br)cc2)C(=O)C2=C(CCCO2)[C@H]1c1ccco1. The zero-order valence-electron chi connectivity index (χ0n) is 16.7. The summed E-state index contributed by atoms with van der Waals surface area (Å²) in [7, 11) is 1.18. The number of ether oxygens (including phenoxy) is 2. The van der Waals surface area contributed by atoms with E-state index >= 15 is 0 Å². The maximum atomic E-state index is 13.9. The molecule has 0 N–H and O–H groups in total. The van der Waals surface area contributed by atoms with Gasteiger partial charge in [-0.2, -0.15) is 0 Å². The van der Waals surface area contributed by atoms with Gasteiger partial charge in [0.25, 0.3) is 0 Å². The predicted molar refractivity (Wildman–Crippen MR) is 112 cm³/mol. The van der Waals surface area contributed by atoms with Crippen LogP contribution in [0.5, 0.6) is 0 Å². The monoisotopic (exact) mass is 489 g/mol. The Labute approximate surface area is 186 Å². The Morgan fingerprint density at radius 3 is 2.71 bits per heavy atom. The molecule has 8 nitrogen and oxygen atoms in total. The second kappa shape index (κ2) is 8.30. The lowest BCUT2D eigenvalue weighted by Crippen LogP contribution is -2.49. The third-order valence-corrected chi connectivity index (χ3v) is 6.55. The number of halogens is 1. The van der Waals surface area contributed by atoms with Crippen molar-refractivity contribution in [2.45, 2.75) is 24.7 Å². The minimum Gasteiger partial charge on any atom is -0.490 e. The third-order valence-electron chi connectivity index (χ3n) is 6.02. The summed E-state index contributed by atoms with van der Waals surface area (Å²) >= 11 is 3.35. The van der Waals surface area contributed by atoms with Crippen LogP contribution < -0.4 is 0 Å². The van der Waals surface area contributed by atoms with Crippen molar-refractivity contribution >= 4 is 27.7 Å². The molecule has 0 radical (unpaired) electrons. The quantitative estimate of drug-likeness (QED) is 0.261. The highest BCUT2D eigenvalue weighted by molar-refractivity contribution is 9.10. The Morgan fingerprint density at radius 1 is 1.35 bits per heavy atom. The second-order valence-electron chi connectivity index (χ2n) is 7.56. The fraction of sp³-hybridized carbons (Fsp3) is 0.364. The summed E-state index contributed by atoms with van der Waals surface area (Å²) in [6.45, 7) is -0.300. The molecule has 0 saturated heterocycles. The molecule has 1 aliphatic carbocycles. The normalized spacial score (nSPS) is 23.8. The van der Waals surface area contributed by atoms with Crippen LogP contribution in [0, 0.1) is 15.5 Å². The van der Waals surface area contributed by atoms with Crippen molar-refractivity contribution in [1.82, 2.24) is 0 Å². The molecule has 0 amide bonds. The van der Waals surface area contributed by atoms with Gasteiger partial charge >= 0.3 is 5.97 Å². The first-order chi connectivity index (χ1) is 14.9. The maximum absolute atomic E-state index is 13.9. The maximum Gasteiger partial charge on any atom is 0.321 e. The van der Waals surface area contributed by atoms with E-state index in [2.05, 4.69) is 15.9 Å². The smallest absolute Gasteiger partial charge is 0.321 e. The minimum atomic E-state index is -1.91. The van der Waals surface area contributed by atoms with Gasteiger partial charge in [0.05, 0.1) is 31.8 Å². The van der Waals surface area contributed by atoms with Crippen LogP contribution in [0.15, 0.2) is 62.9 Å². The van der Waals surface area contributed by atoms with Crippen LogP contribution >= 0.6 is 15.9 Å². The van der Waals surface area contributed by atoms with E-state index in [0.717, 1.165) is 4.47 Å². The molecule has 2 aromatic rings. The Balaban J connectivity index is 2.00. The largest absolute Gasteiger partial charge is 0.490 e. The van der Waals surface area contributed by atoms with Crippen LogP contribution in [0.3, 0.4) is 0 Å². The van der Waals surface area contributed by atoms with Gasteiger partial charge in [0.1, 0.15) is 5.76 Å². The molecule has 0 saturated carbocycles. The lowest BCUT2D eigenvalue weighted by atomic mass is 9.62. The lowest BCUT2D eigenvalue weighted by Gasteiger charge is -2.36. The summed E-state index contributed by atoms with van der Waals surface area (Å²) in [5.74, 6) is -2.91. The van der Waals surface area contributed by atoms with Crippen LogP contribution in [0.4, 0.5) is 0 Å². The topological polar surface area (TPSA) is 109 Å². The molecule has 4 rings (SSSR count). The summed E-state index contributed by atoms with van der Waals surface area (Å²) < 4.78 is 17.3. The summed E-state index contributed by atoms with van der Waals surface area (Å²) in [4.78, 5) is 38.6. The van der Waals surface area contributed by atoms with Crippen molar-refractivity contribution in [3.05, 3.63) is 79.9 Å². The molecule has 162 valence electrons. The molecule has 0 fully saturated rings. The number of hydrogen-bond donors (Lipinski definition) is 0. The zero-order valence-corrected chi connectivity index (χ0v) is 18.3. The first kappa shape index (κ1) is 21.3. The molecular weight excluding hydrogens is 470 g/mol. The number of nitro groups is 1. The van der Waals surface area contributed by atoms with Gasteiger partial charge in [-0.1, -0.05) is 28.1 Å². The average molecular weight is 490 g/mol. The van der Waals surface area contributed by atoms with Gasteiger partial charge in [0.2, 0.25) is 12.3 Å². The highest BCUT2D eigenvalue weighted by Crippen LogP contribution is 2.60. The van der Waals surface area contributed by atoms with Crippen molar-refractivity contribution in [1.29, 1.82) is 0 Å². The van der Waals surface area contributed by atoms with Crippen molar-refractivity contribution in [3.8, 4) is 0 Å². The Hall–Kier alpha value is -2.94. The highest BCUT2D eigenvalue weighted by Gasteiger charge is 2.68. The van der Waals surface area contributed by atoms with Crippen molar-refractivity contribution in [2.24, 2.45) is 5.41 Å². The number of Topliss-reactive ketones (excluding diaryl/α,β-unsaturated/α-hetero) is 1. The predicted octanol–water partition coefficient (Wildman–Crippen LogP) is 3.99. The van der Waals surface area contributed by atoms with Gasteiger partial charge in [-0.25, -0.2) is 0 Å². The van der Waals surface area contributed by atoms with Gasteiger partial charge in [0, 0.05) is 9.40 Å². The highest BCUT2D eigenvalue weighted by atomic mass is 79.9. The Bertz CT molecular complexity index is 1040. The van der Waals surface area contributed by atoms with Crippen LogP contribution in [-0.2, 0) is 19.1 Å². The number of ketones is 1. The number of benzene rings is 1. The molecule has 3 atom stereocenters. The van der Waals surface area contributed by atoms with Gasteiger partial charge in [0.15, 0.2) is 11.2 Å². The molecule has 1 aromatic carbocycles. The molecule has 0 spiro atoms.